The molecule has 1 saturated heterocycles. The molecule has 1 unspecified atom stereocenters. The smallest absolute Gasteiger partial charge is 0.251 e. The molecule has 1 aromatic carbocycles. The van der Waals surface area contributed by atoms with E-state index in [1.807, 2.05) is 19.1 Å². The molecule has 0 bridgehead atoms. The highest BCUT2D eigenvalue weighted by molar-refractivity contribution is 5.97. The van der Waals surface area contributed by atoms with Gasteiger partial charge in [-0.2, -0.15) is 0 Å². The van der Waals surface area contributed by atoms with Crippen LogP contribution < -0.4 is 16.0 Å². The number of hydrogen-bond acceptors (Lipinski definition) is 3. The van der Waals surface area contributed by atoms with Crippen molar-refractivity contribution in [2.45, 2.75) is 32.2 Å². The Balaban J connectivity index is 1.94. The Morgan fingerprint density at radius 2 is 2.10 bits per heavy atom. The van der Waals surface area contributed by atoms with Gasteiger partial charge in [0.05, 0.1) is 0 Å². The monoisotopic (exact) mass is 275 g/mol. The second kappa shape index (κ2) is 6.52. The maximum atomic E-state index is 11.9. The van der Waals surface area contributed by atoms with E-state index in [1.165, 1.54) is 0 Å². The van der Waals surface area contributed by atoms with E-state index in [2.05, 4.69) is 5.32 Å². The van der Waals surface area contributed by atoms with E-state index in [4.69, 9.17) is 5.73 Å². The van der Waals surface area contributed by atoms with Crippen molar-refractivity contribution in [3.63, 3.8) is 0 Å². The molecule has 2 rings (SSSR count). The molecule has 0 aromatic heterocycles. The number of hydrogen-bond donors (Lipinski definition) is 2. The average Bonchev–Trinajstić information content (AvgIpc) is 2.84. The maximum absolute atomic E-state index is 11.9. The van der Waals surface area contributed by atoms with Crippen molar-refractivity contribution < 1.29 is 9.59 Å². The Labute approximate surface area is 119 Å². The summed E-state index contributed by atoms with van der Waals surface area (Å²) in [4.78, 5) is 25.3. The van der Waals surface area contributed by atoms with E-state index < -0.39 is 0 Å². The summed E-state index contributed by atoms with van der Waals surface area (Å²) in [6, 6.07) is 7.23. The summed E-state index contributed by atoms with van der Waals surface area (Å²) < 4.78 is 0. The van der Waals surface area contributed by atoms with Gasteiger partial charge < -0.3 is 16.0 Å². The van der Waals surface area contributed by atoms with E-state index in [-0.39, 0.29) is 17.9 Å². The largest absolute Gasteiger partial charge is 0.352 e. The van der Waals surface area contributed by atoms with Crippen LogP contribution in [0.15, 0.2) is 24.3 Å². The van der Waals surface area contributed by atoms with Crippen LogP contribution in [0.2, 0.25) is 0 Å². The molecule has 2 amide bonds. The minimum Gasteiger partial charge on any atom is -0.352 e. The lowest BCUT2D eigenvalue weighted by Gasteiger charge is -2.15. The Hall–Kier alpha value is -1.88. The zero-order chi connectivity index (χ0) is 14.5. The van der Waals surface area contributed by atoms with E-state index in [0.717, 1.165) is 25.1 Å². The summed E-state index contributed by atoms with van der Waals surface area (Å²) in [6.45, 7) is 3.25. The molecule has 0 aliphatic carbocycles. The molecule has 1 heterocycles. The van der Waals surface area contributed by atoms with Gasteiger partial charge in [0, 0.05) is 36.8 Å². The van der Waals surface area contributed by atoms with Crippen molar-refractivity contribution >= 4 is 17.5 Å². The van der Waals surface area contributed by atoms with Gasteiger partial charge in [0.1, 0.15) is 0 Å². The van der Waals surface area contributed by atoms with Gasteiger partial charge in [-0.05, 0) is 44.0 Å². The van der Waals surface area contributed by atoms with E-state index in [9.17, 15) is 9.59 Å². The third-order valence-electron chi connectivity index (χ3n) is 3.40. The van der Waals surface area contributed by atoms with E-state index in [0.29, 0.717) is 18.5 Å². The predicted molar refractivity (Wildman–Crippen MR) is 78.6 cm³/mol. The Morgan fingerprint density at radius 1 is 1.40 bits per heavy atom. The second-order valence-electron chi connectivity index (χ2n) is 5.22. The van der Waals surface area contributed by atoms with Crippen LogP contribution in [0.25, 0.3) is 0 Å². The van der Waals surface area contributed by atoms with Crippen LogP contribution >= 0.6 is 0 Å². The van der Waals surface area contributed by atoms with Gasteiger partial charge in [0.25, 0.3) is 5.91 Å². The standard InChI is InChI=1S/C15H21N3O2/c1-11(16)8-9-17-15(20)12-4-6-13(7-5-12)18-10-2-3-14(18)19/h4-7,11H,2-3,8-10,16H2,1H3,(H,17,20). The van der Waals surface area contributed by atoms with Gasteiger partial charge in [-0.15, -0.1) is 0 Å². The summed E-state index contributed by atoms with van der Waals surface area (Å²) in [6.07, 6.45) is 2.27. The van der Waals surface area contributed by atoms with Crippen LogP contribution in [0, 0.1) is 0 Å². The Morgan fingerprint density at radius 3 is 2.65 bits per heavy atom. The first-order chi connectivity index (χ1) is 9.58. The summed E-state index contributed by atoms with van der Waals surface area (Å²) in [5.41, 5.74) is 7.09. The number of benzene rings is 1. The number of anilines is 1. The summed E-state index contributed by atoms with van der Waals surface area (Å²) in [5.74, 6) is 0.0454. The molecule has 20 heavy (non-hydrogen) atoms. The zero-order valence-electron chi connectivity index (χ0n) is 11.8. The quantitative estimate of drug-likeness (QED) is 0.850. The summed E-state index contributed by atoms with van der Waals surface area (Å²) in [5, 5.41) is 2.83. The number of nitrogens with two attached hydrogens (primary N) is 1. The Bertz CT molecular complexity index is 482. The normalized spacial score (nSPS) is 16.3. The molecule has 0 saturated carbocycles. The fourth-order valence-electron chi connectivity index (χ4n) is 2.23. The fraction of sp³-hybridized carbons (Fsp3) is 0.467. The molecular weight excluding hydrogens is 254 g/mol. The highest BCUT2D eigenvalue weighted by atomic mass is 16.2. The van der Waals surface area contributed by atoms with Crippen molar-refractivity contribution in [2.24, 2.45) is 5.73 Å². The van der Waals surface area contributed by atoms with Crippen LogP contribution in [-0.2, 0) is 4.79 Å². The number of carbonyl (C=O) groups excluding carboxylic acids is 2. The molecule has 1 aliphatic rings. The first-order valence-electron chi connectivity index (χ1n) is 7.02. The molecule has 0 radical (unpaired) electrons. The molecule has 1 atom stereocenters. The van der Waals surface area contributed by atoms with Crippen LogP contribution in [0.4, 0.5) is 5.69 Å². The fourth-order valence-corrected chi connectivity index (χ4v) is 2.23. The van der Waals surface area contributed by atoms with E-state index >= 15 is 0 Å². The lowest BCUT2D eigenvalue weighted by atomic mass is 10.1. The SMILES string of the molecule is CC(N)CCNC(=O)c1ccc(N2CCCC2=O)cc1. The zero-order valence-corrected chi connectivity index (χ0v) is 11.8. The van der Waals surface area contributed by atoms with Crippen LogP contribution in [0.5, 0.6) is 0 Å². The molecule has 5 heteroatoms. The lowest BCUT2D eigenvalue weighted by molar-refractivity contribution is -0.117. The van der Waals surface area contributed by atoms with Crippen molar-refractivity contribution in [1.82, 2.24) is 5.32 Å². The lowest BCUT2D eigenvalue weighted by Crippen LogP contribution is -2.29. The summed E-state index contributed by atoms with van der Waals surface area (Å²) in [7, 11) is 0. The first kappa shape index (κ1) is 14.5. The van der Waals surface area contributed by atoms with Crippen LogP contribution in [0.1, 0.15) is 36.5 Å². The van der Waals surface area contributed by atoms with Gasteiger partial charge in [-0.1, -0.05) is 0 Å². The third kappa shape index (κ3) is 3.57. The number of rotatable bonds is 5. The number of nitrogens with zero attached hydrogens (tertiary/aromatic N) is 1. The number of nitrogens with one attached hydrogen (secondary N) is 1. The van der Waals surface area contributed by atoms with Gasteiger partial charge in [0.15, 0.2) is 0 Å². The minimum atomic E-state index is -0.107. The Kier molecular flexibility index (Phi) is 4.74. The molecule has 108 valence electrons. The second-order valence-corrected chi connectivity index (χ2v) is 5.22. The molecule has 5 nitrogen and oxygen atoms in total. The number of amides is 2. The van der Waals surface area contributed by atoms with Crippen molar-refractivity contribution in [1.29, 1.82) is 0 Å². The predicted octanol–water partition coefficient (Wildman–Crippen LogP) is 1.28. The first-order valence-corrected chi connectivity index (χ1v) is 7.02. The van der Waals surface area contributed by atoms with Crippen molar-refractivity contribution in [2.75, 3.05) is 18.0 Å². The topological polar surface area (TPSA) is 75.4 Å². The van der Waals surface area contributed by atoms with Crippen LogP contribution in [-0.4, -0.2) is 30.9 Å². The molecular formula is C15H21N3O2. The summed E-state index contributed by atoms with van der Waals surface area (Å²) >= 11 is 0. The maximum Gasteiger partial charge on any atom is 0.251 e. The van der Waals surface area contributed by atoms with Crippen LogP contribution in [0.3, 0.4) is 0 Å². The van der Waals surface area contributed by atoms with Gasteiger partial charge in [-0.3, -0.25) is 9.59 Å². The third-order valence-corrected chi connectivity index (χ3v) is 3.40. The highest BCUT2D eigenvalue weighted by Crippen LogP contribution is 2.21. The van der Waals surface area contributed by atoms with E-state index in [1.54, 1.807) is 17.0 Å². The molecule has 3 N–H and O–H groups in total. The van der Waals surface area contributed by atoms with Gasteiger partial charge in [-0.25, -0.2) is 0 Å². The molecule has 1 aliphatic heterocycles. The van der Waals surface area contributed by atoms with Crippen molar-refractivity contribution in [3.05, 3.63) is 29.8 Å². The molecule has 1 aromatic rings. The molecule has 1 fully saturated rings. The van der Waals surface area contributed by atoms with Crippen molar-refractivity contribution in [3.8, 4) is 0 Å². The van der Waals surface area contributed by atoms with Gasteiger partial charge in [0.2, 0.25) is 5.91 Å². The minimum absolute atomic E-state index is 0.0823. The average molecular weight is 275 g/mol. The molecule has 0 spiro atoms. The van der Waals surface area contributed by atoms with Gasteiger partial charge >= 0.3 is 0 Å². The highest BCUT2D eigenvalue weighted by Gasteiger charge is 2.21. The number of carbonyl (C=O) groups is 2.